The van der Waals surface area contributed by atoms with Gasteiger partial charge in [0.1, 0.15) is 0 Å². The number of hydrogen-bond donors (Lipinski definition) is 0. The minimum Gasteiger partial charge on any atom is -0.339 e. The number of rotatable bonds is 4. The highest BCUT2D eigenvalue weighted by molar-refractivity contribution is 6.05. The van der Waals surface area contributed by atoms with Crippen molar-refractivity contribution in [2.45, 2.75) is 33.7 Å². The second-order valence-corrected chi connectivity index (χ2v) is 4.90. The molecule has 1 amide bonds. The second kappa shape index (κ2) is 5.43. The zero-order valence-electron chi connectivity index (χ0n) is 12.1. The molecule has 0 spiro atoms. The van der Waals surface area contributed by atoms with Crippen molar-refractivity contribution in [3.05, 3.63) is 30.0 Å². The maximum Gasteiger partial charge on any atom is 0.256 e. The Morgan fingerprint density at radius 2 is 2.00 bits per heavy atom. The van der Waals surface area contributed by atoms with Crippen LogP contribution in [0.4, 0.5) is 0 Å². The summed E-state index contributed by atoms with van der Waals surface area (Å²) in [5.74, 6) is 0.0815. The summed E-state index contributed by atoms with van der Waals surface area (Å²) in [5, 5.41) is 5.41. The summed E-state index contributed by atoms with van der Waals surface area (Å²) in [6.07, 6.45) is 1.83. The Morgan fingerprint density at radius 3 is 2.58 bits per heavy atom. The van der Waals surface area contributed by atoms with Crippen LogP contribution >= 0.6 is 0 Å². The maximum absolute atomic E-state index is 12.6. The first kappa shape index (κ1) is 13.6. The van der Waals surface area contributed by atoms with E-state index >= 15 is 0 Å². The number of carbonyl (C=O) groups excluding carboxylic acids is 1. The first-order valence-corrected chi connectivity index (χ1v) is 6.85. The lowest BCUT2D eigenvalue weighted by molar-refractivity contribution is 0.0774. The van der Waals surface area contributed by atoms with E-state index in [4.69, 9.17) is 0 Å². The van der Waals surface area contributed by atoms with E-state index < -0.39 is 0 Å². The lowest BCUT2D eigenvalue weighted by Crippen LogP contribution is -2.30. The lowest BCUT2D eigenvalue weighted by atomic mass is 10.1. The molecule has 0 aliphatic carbocycles. The molecule has 0 saturated heterocycles. The molecule has 0 N–H and O–H groups in total. The van der Waals surface area contributed by atoms with E-state index in [1.165, 1.54) is 0 Å². The molecule has 0 radical (unpaired) electrons. The van der Waals surface area contributed by atoms with Gasteiger partial charge in [-0.25, -0.2) is 0 Å². The molecule has 0 saturated carbocycles. The second-order valence-electron chi connectivity index (χ2n) is 4.90. The molecule has 4 nitrogen and oxygen atoms in total. The fraction of sp³-hybridized carbons (Fsp3) is 0.467. The van der Waals surface area contributed by atoms with E-state index in [-0.39, 0.29) is 11.9 Å². The van der Waals surface area contributed by atoms with Crippen molar-refractivity contribution in [3.63, 3.8) is 0 Å². The Bertz CT molecular complexity index is 582. The third kappa shape index (κ3) is 2.35. The largest absolute Gasteiger partial charge is 0.339 e. The minimum atomic E-state index is 0.0815. The zero-order valence-corrected chi connectivity index (χ0v) is 12.1. The van der Waals surface area contributed by atoms with Crippen molar-refractivity contribution in [1.29, 1.82) is 0 Å². The van der Waals surface area contributed by atoms with Crippen molar-refractivity contribution in [1.82, 2.24) is 14.7 Å². The summed E-state index contributed by atoms with van der Waals surface area (Å²) in [6, 6.07) is 6.05. The zero-order chi connectivity index (χ0) is 14.0. The normalized spacial score (nSPS) is 11.2. The van der Waals surface area contributed by atoms with Crippen molar-refractivity contribution < 1.29 is 4.79 Å². The SMILES string of the molecule is CCN(CC)C(=O)c1cccc2cnn(C(C)C)c12. The molecule has 2 rings (SSSR count). The molecular formula is C15H21N3O. The summed E-state index contributed by atoms with van der Waals surface area (Å²) >= 11 is 0. The Morgan fingerprint density at radius 1 is 1.32 bits per heavy atom. The van der Waals surface area contributed by atoms with Crippen LogP contribution in [0.25, 0.3) is 10.9 Å². The Labute approximate surface area is 114 Å². The number of aromatic nitrogens is 2. The van der Waals surface area contributed by atoms with Gasteiger partial charge < -0.3 is 4.90 Å². The Balaban J connectivity index is 2.59. The lowest BCUT2D eigenvalue weighted by Gasteiger charge is -2.20. The minimum absolute atomic E-state index is 0.0815. The Hall–Kier alpha value is -1.84. The molecule has 0 fully saturated rings. The van der Waals surface area contributed by atoms with Crippen LogP contribution in [0.15, 0.2) is 24.4 Å². The van der Waals surface area contributed by atoms with Gasteiger partial charge in [-0.05, 0) is 33.8 Å². The molecule has 0 atom stereocenters. The number of amides is 1. The molecule has 1 aromatic heterocycles. The number of nitrogens with zero attached hydrogens (tertiary/aromatic N) is 3. The summed E-state index contributed by atoms with van der Waals surface area (Å²) in [4.78, 5) is 14.4. The average Bonchev–Trinajstić information content (AvgIpc) is 2.83. The Kier molecular flexibility index (Phi) is 3.88. The van der Waals surface area contributed by atoms with E-state index in [1.54, 1.807) is 0 Å². The van der Waals surface area contributed by atoms with Gasteiger partial charge in [-0.3, -0.25) is 9.48 Å². The van der Waals surface area contributed by atoms with Gasteiger partial charge in [0.05, 0.1) is 17.3 Å². The van der Waals surface area contributed by atoms with E-state index in [2.05, 4.69) is 18.9 Å². The van der Waals surface area contributed by atoms with Crippen LogP contribution in [0.2, 0.25) is 0 Å². The third-order valence-corrected chi connectivity index (χ3v) is 3.39. The predicted molar refractivity (Wildman–Crippen MR) is 77.4 cm³/mol. The smallest absolute Gasteiger partial charge is 0.256 e. The summed E-state index contributed by atoms with van der Waals surface area (Å²) in [7, 11) is 0. The molecule has 4 heteroatoms. The van der Waals surface area contributed by atoms with Crippen LogP contribution < -0.4 is 0 Å². The average molecular weight is 259 g/mol. The highest BCUT2D eigenvalue weighted by atomic mass is 16.2. The molecule has 0 aliphatic rings. The molecular weight excluding hydrogens is 238 g/mol. The molecule has 1 aromatic carbocycles. The van der Waals surface area contributed by atoms with Gasteiger partial charge in [0, 0.05) is 24.5 Å². The van der Waals surface area contributed by atoms with E-state index in [1.807, 2.05) is 47.8 Å². The quantitative estimate of drug-likeness (QED) is 0.846. The molecule has 1 heterocycles. The number of fused-ring (bicyclic) bond motifs is 1. The van der Waals surface area contributed by atoms with Gasteiger partial charge in [-0.2, -0.15) is 5.10 Å². The highest BCUT2D eigenvalue weighted by Crippen LogP contribution is 2.23. The molecule has 0 bridgehead atoms. The predicted octanol–water partition coefficient (Wildman–Crippen LogP) is 3.10. The van der Waals surface area contributed by atoms with Crippen LogP contribution in [0, 0.1) is 0 Å². The number of benzene rings is 1. The number of carbonyl (C=O) groups is 1. The standard InChI is InChI=1S/C15H21N3O/c1-5-17(6-2)15(19)13-9-7-8-12-10-16-18(11(3)4)14(12)13/h7-11H,5-6H2,1-4H3. The van der Waals surface area contributed by atoms with Gasteiger partial charge in [0.15, 0.2) is 0 Å². The van der Waals surface area contributed by atoms with Crippen molar-refractivity contribution in [2.75, 3.05) is 13.1 Å². The molecule has 102 valence electrons. The van der Waals surface area contributed by atoms with Crippen LogP contribution in [0.5, 0.6) is 0 Å². The summed E-state index contributed by atoms with van der Waals surface area (Å²) in [6.45, 7) is 9.60. The summed E-state index contributed by atoms with van der Waals surface area (Å²) < 4.78 is 1.92. The summed E-state index contributed by atoms with van der Waals surface area (Å²) in [5.41, 5.74) is 1.68. The molecule has 0 unspecified atom stereocenters. The van der Waals surface area contributed by atoms with Crippen LogP contribution in [0.3, 0.4) is 0 Å². The van der Waals surface area contributed by atoms with Gasteiger partial charge in [-0.15, -0.1) is 0 Å². The topological polar surface area (TPSA) is 38.1 Å². The number of hydrogen-bond acceptors (Lipinski definition) is 2. The van der Waals surface area contributed by atoms with Crippen LogP contribution in [-0.2, 0) is 0 Å². The first-order valence-electron chi connectivity index (χ1n) is 6.85. The van der Waals surface area contributed by atoms with E-state index in [0.717, 1.165) is 29.6 Å². The van der Waals surface area contributed by atoms with Gasteiger partial charge in [0.25, 0.3) is 5.91 Å². The third-order valence-electron chi connectivity index (χ3n) is 3.39. The van der Waals surface area contributed by atoms with Gasteiger partial charge in [-0.1, -0.05) is 12.1 Å². The van der Waals surface area contributed by atoms with Crippen LogP contribution in [0.1, 0.15) is 44.1 Å². The molecule has 0 aliphatic heterocycles. The highest BCUT2D eigenvalue weighted by Gasteiger charge is 2.18. The molecule has 19 heavy (non-hydrogen) atoms. The number of para-hydroxylation sites is 1. The van der Waals surface area contributed by atoms with Crippen LogP contribution in [-0.4, -0.2) is 33.7 Å². The monoisotopic (exact) mass is 259 g/mol. The van der Waals surface area contributed by atoms with Crippen molar-refractivity contribution in [3.8, 4) is 0 Å². The first-order chi connectivity index (χ1) is 9.10. The van der Waals surface area contributed by atoms with E-state index in [9.17, 15) is 4.79 Å². The fourth-order valence-electron chi connectivity index (χ4n) is 2.35. The van der Waals surface area contributed by atoms with E-state index in [0.29, 0.717) is 0 Å². The van der Waals surface area contributed by atoms with Gasteiger partial charge >= 0.3 is 0 Å². The maximum atomic E-state index is 12.6. The fourth-order valence-corrected chi connectivity index (χ4v) is 2.35. The molecule has 2 aromatic rings. The van der Waals surface area contributed by atoms with Crippen molar-refractivity contribution in [2.24, 2.45) is 0 Å². The van der Waals surface area contributed by atoms with Gasteiger partial charge in [0.2, 0.25) is 0 Å². The van der Waals surface area contributed by atoms with Crippen molar-refractivity contribution >= 4 is 16.8 Å².